The lowest BCUT2D eigenvalue weighted by atomic mass is 10.1. The van der Waals surface area contributed by atoms with Crippen molar-refractivity contribution in [3.05, 3.63) is 0 Å². The number of carbonyl (C=O) groups excluding carboxylic acids is 9. The van der Waals surface area contributed by atoms with Crippen LogP contribution in [0.1, 0.15) is 12.8 Å². The Labute approximate surface area is 289 Å². The van der Waals surface area contributed by atoms with E-state index in [1.54, 1.807) is 0 Å². The van der Waals surface area contributed by atoms with Crippen molar-refractivity contribution in [2.45, 2.75) is 37.0 Å². The lowest BCUT2D eigenvalue weighted by Gasteiger charge is -2.23. The van der Waals surface area contributed by atoms with Crippen molar-refractivity contribution >= 4 is 86.7 Å². The number of primary amides is 1. The minimum atomic E-state index is -1.82. The highest BCUT2D eigenvalue weighted by atomic mass is 33.1. The maximum Gasteiger partial charge on any atom is 0.305 e. The number of nitrogens with two attached hydrogens (primary N) is 2. The van der Waals surface area contributed by atoms with Crippen molar-refractivity contribution in [2.75, 3.05) is 44.3 Å². The van der Waals surface area contributed by atoms with Crippen LogP contribution < -0.4 is 54.2 Å². The van der Waals surface area contributed by atoms with Crippen molar-refractivity contribution in [2.24, 2.45) is 11.6 Å². The number of hydrogen-bond donors (Lipinski definition) is 12. The van der Waals surface area contributed by atoms with Crippen LogP contribution in [0.2, 0.25) is 0 Å². The average Bonchev–Trinajstić information content (AvgIpc) is 3.03. The van der Waals surface area contributed by atoms with E-state index in [1.807, 2.05) is 5.32 Å². The third kappa shape index (κ3) is 17.8. The lowest BCUT2D eigenvalue weighted by Crippen LogP contribution is -2.57. The summed E-state index contributed by atoms with van der Waals surface area (Å²) >= 11 is 0. The summed E-state index contributed by atoms with van der Waals surface area (Å²) in [5, 5.41) is 35.7. The van der Waals surface area contributed by atoms with E-state index >= 15 is 0 Å². The fourth-order valence-corrected chi connectivity index (χ4v) is 5.86. The smallest absolute Gasteiger partial charge is 0.305 e. The molecule has 0 saturated carbocycles. The Bertz CT molecular complexity index is 1340. The summed E-state index contributed by atoms with van der Waals surface area (Å²) in [6.45, 7) is -3.47. The quantitative estimate of drug-likeness (QED) is 0.0650. The van der Waals surface area contributed by atoms with Crippen LogP contribution in [0.15, 0.2) is 0 Å². The van der Waals surface area contributed by atoms with Crippen LogP contribution in [0.4, 0.5) is 0 Å². The Morgan fingerprint density at radius 2 is 1.22 bits per heavy atom. The predicted molar refractivity (Wildman–Crippen MR) is 169 cm³/mol. The van der Waals surface area contributed by atoms with Gasteiger partial charge in [-0.1, -0.05) is 21.6 Å². The van der Waals surface area contributed by atoms with Crippen molar-refractivity contribution in [3.63, 3.8) is 0 Å². The minimum Gasteiger partial charge on any atom is -0.481 e. The summed E-state index contributed by atoms with van der Waals surface area (Å²) in [6, 6.07) is -6.38. The van der Waals surface area contributed by atoms with Crippen LogP contribution in [-0.4, -0.2) is 144 Å². The molecule has 1 saturated heterocycles. The number of nitrogens with one attached hydrogen (secondary N) is 8. The highest BCUT2D eigenvalue weighted by Gasteiger charge is 2.30. The Hall–Kier alpha value is -5.21. The molecule has 50 heavy (non-hydrogen) atoms. The molecule has 0 spiro atoms. The molecule has 24 nitrogen and oxygen atoms in total. The molecule has 0 bridgehead atoms. The van der Waals surface area contributed by atoms with Crippen molar-refractivity contribution in [3.8, 4) is 0 Å². The van der Waals surface area contributed by atoms with Gasteiger partial charge in [-0.05, 0) is 0 Å². The Balaban J connectivity index is 3.20. The monoisotopic (exact) mass is 752 g/mol. The Kier molecular flexibility index (Phi) is 19.2. The van der Waals surface area contributed by atoms with Gasteiger partial charge in [-0.3, -0.25) is 57.6 Å². The molecule has 9 amide bonds. The number of carboxylic acids is 2. The molecule has 1 rings (SSSR count). The number of hydrogen-bond acceptors (Lipinski definition) is 15. The Morgan fingerprint density at radius 1 is 0.720 bits per heavy atom. The van der Waals surface area contributed by atoms with Crippen LogP contribution in [0.25, 0.3) is 0 Å². The van der Waals surface area contributed by atoms with E-state index in [9.17, 15) is 57.8 Å². The summed E-state index contributed by atoms with van der Waals surface area (Å²) in [7, 11) is 1.76. The van der Waals surface area contributed by atoms with Gasteiger partial charge in [0, 0.05) is 11.5 Å². The number of rotatable bonds is 12. The second-order valence-corrected chi connectivity index (χ2v) is 12.4. The number of carbonyl (C=O) groups is 11. The van der Waals surface area contributed by atoms with Crippen LogP contribution in [0.3, 0.4) is 0 Å². The van der Waals surface area contributed by atoms with E-state index in [-0.39, 0.29) is 11.5 Å². The first-order chi connectivity index (χ1) is 23.5. The SMILES string of the molecule is NOCC(=O)NCC(=O)NCC(=O)NC1CSSC[C@@H](C(N)=O)NC(=O)CNC(=O)[C@H](CC(=O)O)NC(=O)CNC(=O)C(CC(=O)O)NC1=O. The summed E-state index contributed by atoms with van der Waals surface area (Å²) < 4.78 is 0. The van der Waals surface area contributed by atoms with Gasteiger partial charge in [0.15, 0.2) is 0 Å². The second-order valence-electron chi connectivity index (χ2n) is 9.89. The number of amides is 9. The first kappa shape index (κ1) is 42.8. The van der Waals surface area contributed by atoms with Crippen LogP contribution in [-0.2, 0) is 57.6 Å². The highest BCUT2D eigenvalue weighted by Crippen LogP contribution is 2.23. The van der Waals surface area contributed by atoms with E-state index in [2.05, 4.69) is 42.1 Å². The summed E-state index contributed by atoms with van der Waals surface area (Å²) in [4.78, 5) is 138. The molecule has 0 radical (unpaired) electrons. The van der Waals surface area contributed by atoms with Crippen LogP contribution in [0, 0.1) is 0 Å². The molecule has 26 heteroatoms. The maximum atomic E-state index is 13.2. The lowest BCUT2D eigenvalue weighted by molar-refractivity contribution is -0.141. The van der Waals surface area contributed by atoms with Gasteiger partial charge in [0.2, 0.25) is 53.2 Å². The van der Waals surface area contributed by atoms with Gasteiger partial charge in [0.25, 0.3) is 0 Å². The summed E-state index contributed by atoms with van der Waals surface area (Å²) in [6.07, 6.45) is -1.94. The van der Waals surface area contributed by atoms with Gasteiger partial charge in [0.05, 0.1) is 39.0 Å². The van der Waals surface area contributed by atoms with Gasteiger partial charge in [0.1, 0.15) is 30.8 Å². The van der Waals surface area contributed by atoms with Gasteiger partial charge in [-0.15, -0.1) is 0 Å². The van der Waals surface area contributed by atoms with Crippen LogP contribution in [0.5, 0.6) is 0 Å². The minimum absolute atomic E-state index is 0.208. The maximum absolute atomic E-state index is 13.2. The van der Waals surface area contributed by atoms with Gasteiger partial charge < -0.3 is 58.5 Å². The normalized spacial score (nSPS) is 21.4. The molecule has 14 N–H and O–H groups in total. The van der Waals surface area contributed by atoms with Crippen molar-refractivity contribution in [1.29, 1.82) is 0 Å². The fourth-order valence-electron chi connectivity index (χ4n) is 3.51. The molecule has 1 aliphatic rings. The van der Waals surface area contributed by atoms with Gasteiger partial charge in [-0.25, -0.2) is 5.90 Å². The number of carboxylic acid groups (broad SMARTS) is 2. The van der Waals surface area contributed by atoms with E-state index in [4.69, 9.17) is 16.7 Å². The molecule has 4 atom stereocenters. The molecule has 0 aromatic heterocycles. The molecular formula is C24H36N10O14S2. The zero-order valence-electron chi connectivity index (χ0n) is 25.9. The summed E-state index contributed by atoms with van der Waals surface area (Å²) in [5.74, 6) is -7.72. The largest absolute Gasteiger partial charge is 0.481 e. The standard InChI is InChI=1S/C24H36N10O14S2/c25-21(44)12-8-49-50-9-13(33-15(36)4-27-14(35)3-28-18(39)7-48-26)24(47)34-11(2-20(42)43)23(46)30-5-16(37)31-10(1-19(40)41)22(45)29-6-17(38)32-12/h10-13H,1-9,26H2,(H2,25,44)(H,27,35)(H,28,39)(H,29,45)(H,30,46)(H,31,37)(H,32,38)(H,33,36)(H,34,47)(H,40,41)(H,42,43)/t10-,11?,12-,13?/m0/s1. The van der Waals surface area contributed by atoms with Gasteiger partial charge >= 0.3 is 11.9 Å². The zero-order valence-corrected chi connectivity index (χ0v) is 27.6. The first-order valence-electron chi connectivity index (χ1n) is 14.1. The molecular weight excluding hydrogens is 716 g/mol. The number of aliphatic carboxylic acids is 2. The predicted octanol–water partition coefficient (Wildman–Crippen LogP) is -7.89. The molecule has 1 heterocycles. The molecule has 1 aliphatic heterocycles. The fraction of sp³-hybridized carbons (Fsp3) is 0.542. The Morgan fingerprint density at radius 3 is 1.76 bits per heavy atom. The van der Waals surface area contributed by atoms with E-state index in [0.717, 1.165) is 21.6 Å². The van der Waals surface area contributed by atoms with Crippen LogP contribution >= 0.6 is 21.6 Å². The highest BCUT2D eigenvalue weighted by molar-refractivity contribution is 8.76. The molecule has 278 valence electrons. The van der Waals surface area contributed by atoms with E-state index < -0.39 is 135 Å². The zero-order chi connectivity index (χ0) is 37.8. The van der Waals surface area contributed by atoms with Crippen molar-refractivity contribution in [1.82, 2.24) is 42.5 Å². The average molecular weight is 753 g/mol. The third-order valence-corrected chi connectivity index (χ3v) is 8.30. The summed E-state index contributed by atoms with van der Waals surface area (Å²) in [5.41, 5.74) is 5.34. The topological polar surface area (TPSA) is 386 Å². The molecule has 2 unspecified atom stereocenters. The van der Waals surface area contributed by atoms with E-state index in [0.29, 0.717) is 0 Å². The third-order valence-electron chi connectivity index (χ3n) is 5.88. The molecule has 0 aromatic carbocycles. The second kappa shape index (κ2) is 22.4. The molecule has 1 fully saturated rings. The van der Waals surface area contributed by atoms with E-state index in [1.165, 1.54) is 0 Å². The molecule has 0 aliphatic carbocycles. The molecule has 0 aromatic rings. The van der Waals surface area contributed by atoms with Gasteiger partial charge in [-0.2, -0.15) is 0 Å². The van der Waals surface area contributed by atoms with Crippen molar-refractivity contribution < 1.29 is 67.8 Å². The first-order valence-corrected chi connectivity index (χ1v) is 16.6.